The van der Waals surface area contributed by atoms with E-state index in [9.17, 15) is 4.79 Å². The molecule has 0 spiro atoms. The van der Waals surface area contributed by atoms with Crippen molar-refractivity contribution < 1.29 is 19.0 Å². The first-order valence-corrected chi connectivity index (χ1v) is 10.6. The summed E-state index contributed by atoms with van der Waals surface area (Å²) >= 11 is 1.67. The minimum Gasteiger partial charge on any atom is -0.497 e. The van der Waals surface area contributed by atoms with E-state index in [-0.39, 0.29) is 5.91 Å². The Morgan fingerprint density at radius 2 is 1.63 bits per heavy atom. The Morgan fingerprint density at radius 3 is 2.23 bits per heavy atom. The second kappa shape index (κ2) is 8.39. The van der Waals surface area contributed by atoms with Gasteiger partial charge in [-0.25, -0.2) is 4.98 Å². The molecule has 0 unspecified atom stereocenters. The van der Waals surface area contributed by atoms with Gasteiger partial charge < -0.3 is 24.0 Å². The number of anilines is 1. The maximum Gasteiger partial charge on any atom is 0.254 e. The van der Waals surface area contributed by atoms with Crippen LogP contribution in [0.15, 0.2) is 30.3 Å². The highest BCUT2D eigenvalue weighted by Crippen LogP contribution is 2.36. The van der Waals surface area contributed by atoms with Gasteiger partial charge in [-0.15, -0.1) is 0 Å². The number of benzene rings is 2. The first kappa shape index (κ1) is 20.3. The summed E-state index contributed by atoms with van der Waals surface area (Å²) in [5.41, 5.74) is 2.66. The fraction of sp³-hybridized carbons (Fsp3) is 0.364. The third-order valence-corrected chi connectivity index (χ3v) is 6.60. The van der Waals surface area contributed by atoms with Crippen LogP contribution in [0.1, 0.15) is 15.9 Å². The molecule has 0 saturated carbocycles. The van der Waals surface area contributed by atoms with Crippen molar-refractivity contribution in [1.82, 2.24) is 9.88 Å². The maximum absolute atomic E-state index is 13.0. The van der Waals surface area contributed by atoms with Crippen molar-refractivity contribution in [3.05, 3.63) is 41.5 Å². The summed E-state index contributed by atoms with van der Waals surface area (Å²) in [5, 5.41) is 0.966. The molecule has 7 nitrogen and oxygen atoms in total. The van der Waals surface area contributed by atoms with Crippen molar-refractivity contribution in [3.63, 3.8) is 0 Å². The van der Waals surface area contributed by atoms with Crippen molar-refractivity contribution in [2.24, 2.45) is 0 Å². The molecule has 2 heterocycles. The summed E-state index contributed by atoms with van der Waals surface area (Å²) in [6.45, 7) is 4.81. The molecule has 0 bridgehead atoms. The van der Waals surface area contributed by atoms with Crippen molar-refractivity contribution in [2.75, 3.05) is 52.4 Å². The Labute approximate surface area is 179 Å². The zero-order valence-corrected chi connectivity index (χ0v) is 18.4. The van der Waals surface area contributed by atoms with Gasteiger partial charge in [0, 0.05) is 37.8 Å². The van der Waals surface area contributed by atoms with E-state index in [1.165, 1.54) is 5.56 Å². The second-order valence-corrected chi connectivity index (χ2v) is 8.12. The molecule has 1 amide bonds. The lowest BCUT2D eigenvalue weighted by Crippen LogP contribution is -2.48. The summed E-state index contributed by atoms with van der Waals surface area (Å²) in [6.07, 6.45) is 0. The van der Waals surface area contributed by atoms with Crippen LogP contribution in [0.5, 0.6) is 17.2 Å². The van der Waals surface area contributed by atoms with Crippen LogP contribution in [-0.4, -0.2) is 63.3 Å². The quantitative estimate of drug-likeness (QED) is 0.620. The normalized spacial score (nSPS) is 14.1. The van der Waals surface area contributed by atoms with Gasteiger partial charge in [0.2, 0.25) is 0 Å². The van der Waals surface area contributed by atoms with Crippen molar-refractivity contribution >= 4 is 32.6 Å². The highest BCUT2D eigenvalue weighted by Gasteiger charge is 2.25. The van der Waals surface area contributed by atoms with Gasteiger partial charge in [0.15, 0.2) is 5.13 Å². The van der Waals surface area contributed by atoms with E-state index >= 15 is 0 Å². The SMILES string of the molecule is COc1cc(OC)cc(C(=O)N2CCN(c3nc4c(OC)ccc(C)c4s3)CC2)c1. The first-order chi connectivity index (χ1) is 14.5. The number of ether oxygens (including phenoxy) is 3. The van der Waals surface area contributed by atoms with Crippen LogP contribution in [0.4, 0.5) is 5.13 Å². The fourth-order valence-electron chi connectivity index (χ4n) is 3.61. The molecule has 0 N–H and O–H groups in total. The third kappa shape index (κ3) is 3.75. The molecular weight excluding hydrogens is 402 g/mol. The Bertz CT molecular complexity index is 1050. The molecule has 3 aromatic rings. The molecule has 1 saturated heterocycles. The second-order valence-electron chi connectivity index (χ2n) is 7.14. The van der Waals surface area contributed by atoms with Crippen LogP contribution in [0.3, 0.4) is 0 Å². The van der Waals surface area contributed by atoms with Crippen LogP contribution in [0.25, 0.3) is 10.2 Å². The van der Waals surface area contributed by atoms with Gasteiger partial charge in [-0.1, -0.05) is 17.4 Å². The lowest BCUT2D eigenvalue weighted by molar-refractivity contribution is 0.0746. The zero-order valence-electron chi connectivity index (χ0n) is 17.6. The minimum absolute atomic E-state index is 0.0198. The molecular formula is C22H25N3O4S. The molecule has 1 aromatic heterocycles. The molecule has 0 aliphatic carbocycles. The Kier molecular flexibility index (Phi) is 5.67. The molecule has 1 aliphatic rings. The van der Waals surface area contributed by atoms with Gasteiger partial charge in [-0.2, -0.15) is 0 Å². The molecule has 4 rings (SSSR count). The number of piperazine rings is 1. The Hall–Kier alpha value is -3.00. The summed E-state index contributed by atoms with van der Waals surface area (Å²) < 4.78 is 17.2. The van der Waals surface area contributed by atoms with E-state index in [0.29, 0.717) is 30.2 Å². The lowest BCUT2D eigenvalue weighted by Gasteiger charge is -2.34. The number of methoxy groups -OCH3 is 3. The van der Waals surface area contributed by atoms with E-state index in [0.717, 1.165) is 34.2 Å². The molecule has 1 fully saturated rings. The predicted octanol–water partition coefficient (Wildman–Crippen LogP) is 3.59. The third-order valence-electron chi connectivity index (χ3n) is 5.35. The molecule has 158 valence electrons. The summed E-state index contributed by atoms with van der Waals surface area (Å²) in [7, 11) is 4.83. The number of carbonyl (C=O) groups excluding carboxylic acids is 1. The number of hydrogen-bond acceptors (Lipinski definition) is 7. The standard InChI is InChI=1S/C22H25N3O4S/c1-14-5-6-18(29-4)19-20(14)30-22(23-19)25-9-7-24(8-10-25)21(26)15-11-16(27-2)13-17(12-15)28-3/h5-6,11-13H,7-10H2,1-4H3. The fourth-order valence-corrected chi connectivity index (χ4v) is 4.72. The van der Waals surface area contributed by atoms with Crippen molar-refractivity contribution in [2.45, 2.75) is 6.92 Å². The largest absolute Gasteiger partial charge is 0.497 e. The molecule has 0 atom stereocenters. The number of amides is 1. The average Bonchev–Trinajstić information content (AvgIpc) is 3.25. The van der Waals surface area contributed by atoms with E-state index in [1.54, 1.807) is 50.9 Å². The number of carbonyl (C=O) groups is 1. The number of thiazole rings is 1. The Morgan fingerprint density at radius 1 is 0.967 bits per heavy atom. The van der Waals surface area contributed by atoms with Gasteiger partial charge in [0.1, 0.15) is 22.8 Å². The van der Waals surface area contributed by atoms with Crippen LogP contribution >= 0.6 is 11.3 Å². The van der Waals surface area contributed by atoms with Crippen molar-refractivity contribution in [3.8, 4) is 17.2 Å². The monoisotopic (exact) mass is 427 g/mol. The summed E-state index contributed by atoms with van der Waals surface area (Å²) in [6, 6.07) is 9.28. The molecule has 0 radical (unpaired) electrons. The van der Waals surface area contributed by atoms with Crippen LogP contribution < -0.4 is 19.1 Å². The summed E-state index contributed by atoms with van der Waals surface area (Å²) in [5.74, 6) is 1.98. The van der Waals surface area contributed by atoms with Gasteiger partial charge >= 0.3 is 0 Å². The van der Waals surface area contributed by atoms with E-state index in [1.807, 2.05) is 11.0 Å². The van der Waals surface area contributed by atoms with Crippen LogP contribution in [-0.2, 0) is 0 Å². The highest BCUT2D eigenvalue weighted by molar-refractivity contribution is 7.22. The van der Waals surface area contributed by atoms with E-state index in [2.05, 4.69) is 17.9 Å². The summed E-state index contributed by atoms with van der Waals surface area (Å²) in [4.78, 5) is 21.9. The highest BCUT2D eigenvalue weighted by atomic mass is 32.1. The molecule has 8 heteroatoms. The molecule has 2 aromatic carbocycles. The lowest BCUT2D eigenvalue weighted by atomic mass is 10.1. The number of aryl methyl sites for hydroxylation is 1. The average molecular weight is 428 g/mol. The maximum atomic E-state index is 13.0. The van der Waals surface area contributed by atoms with Crippen LogP contribution in [0.2, 0.25) is 0 Å². The topological polar surface area (TPSA) is 64.1 Å². The predicted molar refractivity (Wildman–Crippen MR) is 119 cm³/mol. The van der Waals surface area contributed by atoms with Gasteiger partial charge in [-0.05, 0) is 30.7 Å². The first-order valence-electron chi connectivity index (χ1n) is 9.75. The smallest absolute Gasteiger partial charge is 0.254 e. The number of rotatable bonds is 5. The number of aromatic nitrogens is 1. The minimum atomic E-state index is -0.0198. The molecule has 30 heavy (non-hydrogen) atoms. The molecule has 1 aliphatic heterocycles. The number of nitrogens with zero attached hydrogens (tertiary/aromatic N) is 3. The number of hydrogen-bond donors (Lipinski definition) is 0. The van der Waals surface area contributed by atoms with E-state index < -0.39 is 0 Å². The van der Waals surface area contributed by atoms with E-state index in [4.69, 9.17) is 19.2 Å². The zero-order chi connectivity index (χ0) is 21.3. The van der Waals surface area contributed by atoms with Gasteiger partial charge in [0.05, 0.1) is 26.0 Å². The number of fused-ring (bicyclic) bond motifs is 1. The Balaban J connectivity index is 1.50. The van der Waals surface area contributed by atoms with Gasteiger partial charge in [0.25, 0.3) is 5.91 Å². The van der Waals surface area contributed by atoms with Crippen LogP contribution in [0, 0.1) is 6.92 Å². The van der Waals surface area contributed by atoms with Crippen molar-refractivity contribution in [1.29, 1.82) is 0 Å². The van der Waals surface area contributed by atoms with Gasteiger partial charge in [-0.3, -0.25) is 4.79 Å².